The summed E-state index contributed by atoms with van der Waals surface area (Å²) in [5.74, 6) is 1.15. The van der Waals surface area contributed by atoms with Crippen LogP contribution < -0.4 is 14.8 Å². The molecule has 1 heterocycles. The molecule has 0 aromatic heterocycles. The lowest BCUT2D eigenvalue weighted by Gasteiger charge is -2.19. The van der Waals surface area contributed by atoms with Gasteiger partial charge in [-0.15, -0.1) is 0 Å². The number of ether oxygens (including phenoxy) is 2. The van der Waals surface area contributed by atoms with Gasteiger partial charge in [-0.1, -0.05) is 50.2 Å². The molecule has 0 bridgehead atoms. The SMILES string of the molecule is CC(C)c1ccc(-c2ccc(NC(=O)C3(c4ccc5c(c4)OCO5)CC3)cc2C(F)(F)F)cc1. The van der Waals surface area contributed by atoms with E-state index < -0.39 is 17.2 Å². The van der Waals surface area contributed by atoms with E-state index in [0.29, 0.717) is 29.9 Å². The summed E-state index contributed by atoms with van der Waals surface area (Å²) in [6, 6.07) is 16.4. The molecule has 1 saturated carbocycles. The highest BCUT2D eigenvalue weighted by molar-refractivity contribution is 6.01. The molecule has 0 unspecified atom stereocenters. The summed E-state index contributed by atoms with van der Waals surface area (Å²) >= 11 is 0. The molecule has 3 aromatic rings. The number of carbonyl (C=O) groups is 1. The fourth-order valence-corrected chi connectivity index (χ4v) is 4.37. The van der Waals surface area contributed by atoms with E-state index in [0.717, 1.165) is 17.2 Å². The molecule has 0 saturated heterocycles. The number of rotatable bonds is 5. The molecule has 1 aliphatic heterocycles. The number of carbonyl (C=O) groups excluding carboxylic acids is 1. The topological polar surface area (TPSA) is 47.6 Å². The van der Waals surface area contributed by atoms with Crippen molar-refractivity contribution in [3.05, 3.63) is 77.4 Å². The van der Waals surface area contributed by atoms with E-state index in [2.05, 4.69) is 5.32 Å². The summed E-state index contributed by atoms with van der Waals surface area (Å²) in [5.41, 5.74) is 0.949. The molecule has 2 aliphatic rings. The summed E-state index contributed by atoms with van der Waals surface area (Å²) in [6.07, 6.45) is -3.34. The number of anilines is 1. The number of nitrogens with one attached hydrogen (secondary N) is 1. The van der Waals surface area contributed by atoms with E-state index in [1.165, 1.54) is 12.1 Å². The van der Waals surface area contributed by atoms with Crippen LogP contribution in [0.3, 0.4) is 0 Å². The van der Waals surface area contributed by atoms with E-state index in [1.54, 1.807) is 24.3 Å². The van der Waals surface area contributed by atoms with Crippen LogP contribution in [-0.4, -0.2) is 12.7 Å². The monoisotopic (exact) mass is 467 g/mol. The molecule has 34 heavy (non-hydrogen) atoms. The van der Waals surface area contributed by atoms with E-state index in [1.807, 2.05) is 32.0 Å². The maximum Gasteiger partial charge on any atom is 0.417 e. The molecule has 176 valence electrons. The highest BCUT2D eigenvalue weighted by Gasteiger charge is 2.51. The Labute approximate surface area is 195 Å². The summed E-state index contributed by atoms with van der Waals surface area (Å²) in [6.45, 7) is 4.19. The first-order chi connectivity index (χ1) is 16.2. The van der Waals surface area contributed by atoms with Crippen LogP contribution in [-0.2, 0) is 16.4 Å². The fraction of sp³-hybridized carbons (Fsp3) is 0.296. The van der Waals surface area contributed by atoms with Crippen LogP contribution >= 0.6 is 0 Å². The van der Waals surface area contributed by atoms with Crippen molar-refractivity contribution in [3.63, 3.8) is 0 Å². The standard InChI is InChI=1S/C27H24F3NO3/c1-16(2)17-3-5-18(6-4-17)21-9-8-20(14-22(21)27(28,29)30)31-25(32)26(11-12-26)19-7-10-23-24(13-19)34-15-33-23/h3-10,13-14,16H,11-12,15H2,1-2H3,(H,31,32). The molecule has 4 nitrogen and oxygen atoms in total. The number of halogens is 3. The van der Waals surface area contributed by atoms with E-state index >= 15 is 0 Å². The molecule has 1 aliphatic carbocycles. The smallest absolute Gasteiger partial charge is 0.417 e. The zero-order valence-corrected chi connectivity index (χ0v) is 18.8. The summed E-state index contributed by atoms with van der Waals surface area (Å²) < 4.78 is 52.6. The van der Waals surface area contributed by atoms with Crippen LogP contribution in [0.4, 0.5) is 18.9 Å². The first kappa shape index (κ1) is 22.3. The number of hydrogen-bond acceptors (Lipinski definition) is 3. The van der Waals surface area contributed by atoms with E-state index in [4.69, 9.17) is 9.47 Å². The molecule has 0 spiro atoms. The van der Waals surface area contributed by atoms with Gasteiger partial charge in [0.05, 0.1) is 11.0 Å². The van der Waals surface area contributed by atoms with Gasteiger partial charge in [-0.2, -0.15) is 13.2 Å². The molecule has 5 rings (SSSR count). The lowest BCUT2D eigenvalue weighted by molar-refractivity contribution is -0.137. The van der Waals surface area contributed by atoms with Crippen molar-refractivity contribution < 1.29 is 27.4 Å². The first-order valence-corrected chi connectivity index (χ1v) is 11.2. The van der Waals surface area contributed by atoms with Crippen LogP contribution in [0.25, 0.3) is 11.1 Å². The van der Waals surface area contributed by atoms with Gasteiger partial charge in [0.2, 0.25) is 12.7 Å². The maximum atomic E-state index is 14.0. The van der Waals surface area contributed by atoms with E-state index in [9.17, 15) is 18.0 Å². The Kier molecular flexibility index (Phi) is 5.30. The lowest BCUT2D eigenvalue weighted by atomic mass is 9.93. The minimum atomic E-state index is -4.57. The Morgan fingerprint density at radius 1 is 0.941 bits per heavy atom. The van der Waals surface area contributed by atoms with E-state index in [-0.39, 0.29) is 29.9 Å². The number of amides is 1. The Bertz CT molecular complexity index is 1240. The molecule has 0 radical (unpaired) electrons. The predicted octanol–water partition coefficient (Wildman–Crippen LogP) is 6.89. The third kappa shape index (κ3) is 4.00. The van der Waals surface area contributed by atoms with Crippen molar-refractivity contribution in [1.82, 2.24) is 0 Å². The van der Waals surface area contributed by atoms with Crippen molar-refractivity contribution in [1.29, 1.82) is 0 Å². The van der Waals surface area contributed by atoms with Crippen molar-refractivity contribution in [2.24, 2.45) is 0 Å². The second kappa shape index (κ2) is 8.08. The van der Waals surface area contributed by atoms with Crippen LogP contribution in [0, 0.1) is 0 Å². The van der Waals surface area contributed by atoms with Crippen LogP contribution in [0.2, 0.25) is 0 Å². The minimum Gasteiger partial charge on any atom is -0.454 e. The molecule has 0 atom stereocenters. The van der Waals surface area contributed by atoms with Crippen molar-refractivity contribution in [2.45, 2.75) is 44.2 Å². The van der Waals surface area contributed by atoms with Crippen molar-refractivity contribution >= 4 is 11.6 Å². The highest BCUT2D eigenvalue weighted by Crippen LogP contribution is 2.51. The molecule has 1 N–H and O–H groups in total. The summed E-state index contributed by atoms with van der Waals surface area (Å²) in [4.78, 5) is 13.2. The summed E-state index contributed by atoms with van der Waals surface area (Å²) in [7, 11) is 0. The van der Waals surface area contributed by atoms with Gasteiger partial charge in [-0.05, 0) is 65.3 Å². The highest BCUT2D eigenvalue weighted by atomic mass is 19.4. The lowest BCUT2D eigenvalue weighted by Crippen LogP contribution is -2.28. The Morgan fingerprint density at radius 3 is 2.29 bits per heavy atom. The predicted molar refractivity (Wildman–Crippen MR) is 123 cm³/mol. The largest absolute Gasteiger partial charge is 0.454 e. The average Bonchev–Trinajstić information content (AvgIpc) is 3.49. The summed E-state index contributed by atoms with van der Waals surface area (Å²) in [5, 5.41) is 2.72. The van der Waals surface area contributed by atoms with Crippen molar-refractivity contribution in [2.75, 3.05) is 12.1 Å². The molecule has 1 amide bonds. The van der Waals surface area contributed by atoms with Gasteiger partial charge in [-0.3, -0.25) is 4.79 Å². The quantitative estimate of drug-likeness (QED) is 0.444. The molecular formula is C27H24F3NO3. The van der Waals surface area contributed by atoms with Gasteiger partial charge in [0.1, 0.15) is 0 Å². The Morgan fingerprint density at radius 2 is 1.65 bits per heavy atom. The third-order valence-electron chi connectivity index (χ3n) is 6.58. The zero-order chi connectivity index (χ0) is 24.1. The molecule has 1 fully saturated rings. The van der Waals surface area contributed by atoms with Gasteiger partial charge in [0, 0.05) is 5.69 Å². The zero-order valence-electron chi connectivity index (χ0n) is 18.8. The number of alkyl halides is 3. The second-order valence-electron chi connectivity index (χ2n) is 9.14. The fourth-order valence-electron chi connectivity index (χ4n) is 4.37. The van der Waals surface area contributed by atoms with Crippen LogP contribution in [0.15, 0.2) is 60.7 Å². The minimum absolute atomic E-state index is 0.0812. The number of fused-ring (bicyclic) bond motifs is 1. The molecule has 3 aromatic carbocycles. The number of benzene rings is 3. The third-order valence-corrected chi connectivity index (χ3v) is 6.58. The Balaban J connectivity index is 1.43. The Hall–Kier alpha value is -3.48. The normalized spacial score (nSPS) is 15.9. The van der Waals surface area contributed by atoms with Gasteiger partial charge in [0.15, 0.2) is 11.5 Å². The second-order valence-corrected chi connectivity index (χ2v) is 9.14. The van der Waals surface area contributed by atoms with Gasteiger partial charge >= 0.3 is 6.18 Å². The van der Waals surface area contributed by atoms with Crippen LogP contribution in [0.1, 0.15) is 49.3 Å². The molecule has 7 heteroatoms. The van der Waals surface area contributed by atoms with Crippen molar-refractivity contribution in [3.8, 4) is 22.6 Å². The first-order valence-electron chi connectivity index (χ1n) is 11.2. The van der Waals surface area contributed by atoms with Gasteiger partial charge < -0.3 is 14.8 Å². The van der Waals surface area contributed by atoms with Crippen LogP contribution in [0.5, 0.6) is 11.5 Å². The molecular weight excluding hydrogens is 443 g/mol. The number of hydrogen-bond donors (Lipinski definition) is 1. The maximum absolute atomic E-state index is 14.0. The van der Waals surface area contributed by atoms with Gasteiger partial charge in [-0.25, -0.2) is 0 Å². The average molecular weight is 467 g/mol. The van der Waals surface area contributed by atoms with Gasteiger partial charge in [0.25, 0.3) is 0 Å².